The molecule has 0 aliphatic heterocycles. The lowest BCUT2D eigenvalue weighted by atomic mass is 10.3. The maximum atomic E-state index is 10.9. The van der Waals surface area contributed by atoms with Crippen LogP contribution in [0.1, 0.15) is 11.3 Å². The van der Waals surface area contributed by atoms with Gasteiger partial charge in [-0.2, -0.15) is 5.10 Å². The van der Waals surface area contributed by atoms with Crippen LogP contribution in [0.15, 0.2) is 6.20 Å². The number of primary sulfonamides is 1. The Morgan fingerprint density at radius 1 is 1.60 bits per heavy atom. The van der Waals surface area contributed by atoms with Crippen LogP contribution in [0.2, 0.25) is 0 Å². The first-order valence-corrected chi connectivity index (χ1v) is 6.16. The van der Waals surface area contributed by atoms with Crippen LogP contribution in [0.3, 0.4) is 0 Å². The average molecular weight is 233 g/mol. The van der Waals surface area contributed by atoms with E-state index in [-0.39, 0.29) is 5.75 Å². The molecule has 86 valence electrons. The van der Waals surface area contributed by atoms with Gasteiger partial charge in [0.05, 0.1) is 24.6 Å². The molecule has 7 heteroatoms. The number of methoxy groups -OCH3 is 1. The Hall–Kier alpha value is -0.920. The summed E-state index contributed by atoms with van der Waals surface area (Å²) < 4.78 is 28.3. The summed E-state index contributed by atoms with van der Waals surface area (Å²) in [6.07, 6.45) is 1.68. The predicted octanol–water partition coefficient (Wildman–Crippen LogP) is -0.374. The Labute approximate surface area is 89.1 Å². The zero-order chi connectivity index (χ0) is 11.5. The molecule has 1 aromatic rings. The van der Waals surface area contributed by atoms with E-state index in [0.717, 1.165) is 0 Å². The first kappa shape index (κ1) is 12.2. The lowest BCUT2D eigenvalue weighted by Gasteiger charge is -1.98. The zero-order valence-electron chi connectivity index (χ0n) is 8.80. The highest BCUT2D eigenvalue weighted by atomic mass is 32.2. The number of hydrogen-bond donors (Lipinski definition) is 1. The van der Waals surface area contributed by atoms with Gasteiger partial charge in [-0.05, 0) is 6.92 Å². The van der Waals surface area contributed by atoms with E-state index in [1.165, 1.54) is 0 Å². The Balaban J connectivity index is 2.77. The van der Waals surface area contributed by atoms with Gasteiger partial charge in [0.1, 0.15) is 0 Å². The van der Waals surface area contributed by atoms with E-state index in [0.29, 0.717) is 24.4 Å². The van der Waals surface area contributed by atoms with Crippen molar-refractivity contribution in [1.82, 2.24) is 9.78 Å². The van der Waals surface area contributed by atoms with Crippen molar-refractivity contribution in [2.45, 2.75) is 19.2 Å². The third-order valence-corrected chi connectivity index (χ3v) is 2.64. The van der Waals surface area contributed by atoms with Gasteiger partial charge in [0, 0.05) is 18.9 Å². The summed E-state index contributed by atoms with van der Waals surface area (Å²) in [7, 11) is -1.89. The van der Waals surface area contributed by atoms with Gasteiger partial charge in [-0.3, -0.25) is 4.68 Å². The monoisotopic (exact) mass is 233 g/mol. The molecule has 0 amide bonds. The molecular formula is C8H15N3O3S. The number of ether oxygens (including phenoxy) is 1. The normalized spacial score (nSPS) is 11.9. The highest BCUT2D eigenvalue weighted by molar-refractivity contribution is 7.88. The lowest BCUT2D eigenvalue weighted by molar-refractivity contribution is 0.183. The third-order valence-electron chi connectivity index (χ3n) is 1.93. The summed E-state index contributed by atoms with van der Waals surface area (Å²) in [6, 6.07) is 0. The molecule has 0 atom stereocenters. The summed E-state index contributed by atoms with van der Waals surface area (Å²) >= 11 is 0. The molecule has 1 rings (SSSR count). The van der Waals surface area contributed by atoms with Crippen molar-refractivity contribution in [3.63, 3.8) is 0 Å². The van der Waals surface area contributed by atoms with Crippen LogP contribution in [0, 0.1) is 6.92 Å². The van der Waals surface area contributed by atoms with E-state index in [2.05, 4.69) is 5.10 Å². The Morgan fingerprint density at radius 3 is 2.80 bits per heavy atom. The van der Waals surface area contributed by atoms with Gasteiger partial charge in [0.2, 0.25) is 10.0 Å². The first-order chi connectivity index (χ1) is 6.92. The van der Waals surface area contributed by atoms with Gasteiger partial charge in [-0.15, -0.1) is 0 Å². The van der Waals surface area contributed by atoms with Gasteiger partial charge >= 0.3 is 0 Å². The standard InChI is InChI=1S/C8H15N3O3S/c1-7-8(6-15(9,12)13)5-11(10-7)3-4-14-2/h5H,3-4,6H2,1-2H3,(H2,9,12,13). The number of aromatic nitrogens is 2. The maximum absolute atomic E-state index is 10.9. The van der Waals surface area contributed by atoms with E-state index in [1.54, 1.807) is 24.9 Å². The minimum absolute atomic E-state index is 0.175. The fraction of sp³-hybridized carbons (Fsp3) is 0.625. The number of rotatable bonds is 5. The molecule has 0 radical (unpaired) electrons. The van der Waals surface area contributed by atoms with Gasteiger partial charge in [0.15, 0.2) is 0 Å². The van der Waals surface area contributed by atoms with Crippen LogP contribution < -0.4 is 5.14 Å². The van der Waals surface area contributed by atoms with Crippen molar-refractivity contribution in [2.75, 3.05) is 13.7 Å². The summed E-state index contributed by atoms with van der Waals surface area (Å²) in [5.74, 6) is -0.175. The molecule has 0 aromatic carbocycles. The molecule has 0 aliphatic rings. The van der Waals surface area contributed by atoms with E-state index in [4.69, 9.17) is 9.88 Å². The van der Waals surface area contributed by atoms with Crippen LogP contribution in [-0.4, -0.2) is 31.9 Å². The average Bonchev–Trinajstić information content (AvgIpc) is 2.41. The highest BCUT2D eigenvalue weighted by Crippen LogP contribution is 2.08. The predicted molar refractivity (Wildman–Crippen MR) is 55.7 cm³/mol. The number of aryl methyl sites for hydroxylation is 1. The molecule has 0 aliphatic carbocycles. The quantitative estimate of drug-likeness (QED) is 0.751. The molecule has 1 heterocycles. The second kappa shape index (κ2) is 4.73. The molecule has 0 spiro atoms. The number of hydrogen-bond acceptors (Lipinski definition) is 4. The molecule has 0 unspecified atom stereocenters. The van der Waals surface area contributed by atoms with Crippen molar-refractivity contribution in [2.24, 2.45) is 5.14 Å². The molecule has 0 saturated carbocycles. The van der Waals surface area contributed by atoms with Crippen molar-refractivity contribution < 1.29 is 13.2 Å². The van der Waals surface area contributed by atoms with E-state index in [1.807, 2.05) is 0 Å². The van der Waals surface area contributed by atoms with E-state index < -0.39 is 10.0 Å². The van der Waals surface area contributed by atoms with Gasteiger partial charge in [-0.25, -0.2) is 13.6 Å². The molecule has 1 aromatic heterocycles. The summed E-state index contributed by atoms with van der Waals surface area (Å²) in [5.41, 5.74) is 1.31. The minimum atomic E-state index is -3.49. The van der Waals surface area contributed by atoms with E-state index >= 15 is 0 Å². The third kappa shape index (κ3) is 3.98. The first-order valence-electron chi connectivity index (χ1n) is 4.44. The number of nitrogens with two attached hydrogens (primary N) is 1. The molecule has 0 saturated heterocycles. The molecule has 2 N–H and O–H groups in total. The Bertz CT molecular complexity index is 424. The maximum Gasteiger partial charge on any atom is 0.213 e. The van der Waals surface area contributed by atoms with Gasteiger partial charge in [-0.1, -0.05) is 0 Å². The number of nitrogens with zero attached hydrogens (tertiary/aromatic N) is 2. The summed E-state index contributed by atoms with van der Waals surface area (Å²) in [5, 5.41) is 9.11. The minimum Gasteiger partial charge on any atom is -0.383 e. The molecule has 6 nitrogen and oxygen atoms in total. The van der Waals surface area contributed by atoms with Crippen molar-refractivity contribution in [1.29, 1.82) is 0 Å². The highest BCUT2D eigenvalue weighted by Gasteiger charge is 2.11. The van der Waals surface area contributed by atoms with Crippen LogP contribution in [-0.2, 0) is 27.1 Å². The van der Waals surface area contributed by atoms with Crippen molar-refractivity contribution >= 4 is 10.0 Å². The zero-order valence-corrected chi connectivity index (χ0v) is 9.62. The summed E-state index contributed by atoms with van der Waals surface area (Å²) in [6.45, 7) is 2.89. The van der Waals surface area contributed by atoms with E-state index in [9.17, 15) is 8.42 Å². The van der Waals surface area contributed by atoms with Crippen LogP contribution >= 0.6 is 0 Å². The van der Waals surface area contributed by atoms with Gasteiger partial charge in [0.25, 0.3) is 0 Å². The Kier molecular flexibility index (Phi) is 3.83. The van der Waals surface area contributed by atoms with Gasteiger partial charge < -0.3 is 4.74 Å². The largest absolute Gasteiger partial charge is 0.383 e. The van der Waals surface area contributed by atoms with Crippen LogP contribution in [0.4, 0.5) is 0 Å². The second-order valence-electron chi connectivity index (χ2n) is 3.30. The second-order valence-corrected chi connectivity index (χ2v) is 4.92. The topological polar surface area (TPSA) is 87.2 Å². The molecule has 15 heavy (non-hydrogen) atoms. The fourth-order valence-electron chi connectivity index (χ4n) is 1.22. The fourth-order valence-corrected chi connectivity index (χ4v) is 1.93. The van der Waals surface area contributed by atoms with Crippen LogP contribution in [0.5, 0.6) is 0 Å². The Morgan fingerprint density at radius 2 is 2.27 bits per heavy atom. The lowest BCUT2D eigenvalue weighted by Crippen LogP contribution is -2.14. The number of sulfonamides is 1. The smallest absolute Gasteiger partial charge is 0.213 e. The van der Waals surface area contributed by atoms with Crippen molar-refractivity contribution in [3.05, 3.63) is 17.5 Å². The summed E-state index contributed by atoms with van der Waals surface area (Å²) in [4.78, 5) is 0. The molecular weight excluding hydrogens is 218 g/mol. The van der Waals surface area contributed by atoms with Crippen LogP contribution in [0.25, 0.3) is 0 Å². The van der Waals surface area contributed by atoms with Crippen molar-refractivity contribution in [3.8, 4) is 0 Å². The molecule has 0 bridgehead atoms. The SMILES string of the molecule is COCCn1cc(CS(N)(=O)=O)c(C)n1. The molecule has 0 fully saturated rings.